The summed E-state index contributed by atoms with van der Waals surface area (Å²) < 4.78 is 0. The van der Waals surface area contributed by atoms with Gasteiger partial charge in [0, 0.05) is 6.42 Å². The zero-order chi connectivity index (χ0) is 13.3. The summed E-state index contributed by atoms with van der Waals surface area (Å²) in [5.74, 6) is -3.06. The number of unbranched alkanes of at least 4 members (excludes halogenated alkanes) is 2. The van der Waals surface area contributed by atoms with E-state index in [0.29, 0.717) is 13.0 Å². The Morgan fingerprint density at radius 2 is 1.76 bits per heavy atom. The minimum absolute atomic E-state index is 0.184. The molecular formula is C10H18N2O5. The van der Waals surface area contributed by atoms with Crippen molar-refractivity contribution in [2.45, 2.75) is 38.1 Å². The van der Waals surface area contributed by atoms with E-state index in [1.54, 1.807) is 0 Å². The number of rotatable bonds is 9. The van der Waals surface area contributed by atoms with Crippen LogP contribution < -0.4 is 11.1 Å². The van der Waals surface area contributed by atoms with Crippen LogP contribution in [0.5, 0.6) is 0 Å². The number of carbonyl (C=O) groups is 3. The molecule has 1 unspecified atom stereocenters. The van der Waals surface area contributed by atoms with Crippen molar-refractivity contribution in [1.82, 2.24) is 5.32 Å². The molecule has 0 aliphatic heterocycles. The lowest BCUT2D eigenvalue weighted by atomic mass is 10.1. The Bertz CT molecular complexity index is 280. The van der Waals surface area contributed by atoms with Crippen LogP contribution in [0.3, 0.4) is 0 Å². The number of carboxylic acids is 2. The number of carboxylic acid groups (broad SMARTS) is 2. The summed E-state index contributed by atoms with van der Waals surface area (Å²) >= 11 is 0. The van der Waals surface area contributed by atoms with Gasteiger partial charge in [-0.2, -0.15) is 0 Å². The van der Waals surface area contributed by atoms with Gasteiger partial charge >= 0.3 is 11.9 Å². The highest BCUT2D eigenvalue weighted by molar-refractivity contribution is 5.86. The summed E-state index contributed by atoms with van der Waals surface area (Å²) in [6.07, 6.45) is 1.78. The summed E-state index contributed by atoms with van der Waals surface area (Å²) in [7, 11) is 0. The number of carbonyl (C=O) groups excluding carboxylic acids is 1. The lowest BCUT2D eigenvalue weighted by Crippen LogP contribution is -2.42. The molecule has 0 saturated carbocycles. The van der Waals surface area contributed by atoms with Gasteiger partial charge in [-0.1, -0.05) is 6.42 Å². The first-order valence-electron chi connectivity index (χ1n) is 5.41. The fraction of sp³-hybridized carbons (Fsp3) is 0.700. The predicted molar refractivity (Wildman–Crippen MR) is 59.3 cm³/mol. The Kier molecular flexibility index (Phi) is 7.70. The number of amides is 1. The fourth-order valence-electron chi connectivity index (χ4n) is 1.25. The molecule has 0 saturated heterocycles. The Hall–Kier alpha value is -1.63. The maximum atomic E-state index is 11.3. The predicted octanol–water partition coefficient (Wildman–Crippen LogP) is -0.450. The third-order valence-corrected chi connectivity index (χ3v) is 2.12. The van der Waals surface area contributed by atoms with Crippen molar-refractivity contribution in [1.29, 1.82) is 0 Å². The molecule has 0 aromatic heterocycles. The maximum absolute atomic E-state index is 11.3. The van der Waals surface area contributed by atoms with Gasteiger partial charge in [0.25, 0.3) is 0 Å². The van der Waals surface area contributed by atoms with Crippen molar-refractivity contribution >= 4 is 17.8 Å². The molecule has 0 aliphatic carbocycles. The Morgan fingerprint density at radius 3 is 2.24 bits per heavy atom. The Labute approximate surface area is 99.0 Å². The second-order valence-corrected chi connectivity index (χ2v) is 3.66. The molecule has 0 radical (unpaired) electrons. The van der Waals surface area contributed by atoms with Crippen LogP contribution >= 0.6 is 0 Å². The molecule has 0 aromatic carbocycles. The van der Waals surface area contributed by atoms with Crippen LogP contribution in [-0.4, -0.2) is 40.6 Å². The molecule has 5 N–H and O–H groups in total. The first-order chi connectivity index (χ1) is 7.97. The van der Waals surface area contributed by atoms with E-state index in [1.165, 1.54) is 0 Å². The van der Waals surface area contributed by atoms with Gasteiger partial charge in [-0.15, -0.1) is 0 Å². The fourth-order valence-corrected chi connectivity index (χ4v) is 1.25. The molecule has 98 valence electrons. The molecule has 0 rings (SSSR count). The minimum atomic E-state index is -1.37. The molecule has 0 spiro atoms. The van der Waals surface area contributed by atoms with Crippen LogP contribution in [0.15, 0.2) is 0 Å². The summed E-state index contributed by atoms with van der Waals surface area (Å²) in [5, 5.41) is 19.3. The standard InChI is InChI=1S/C10H18N2O5/c11-5-3-1-2-4-8(13)12-7(10(16)17)6-9(14)15/h7H,1-6,11H2,(H,12,13)(H,14,15)(H,16,17). The monoisotopic (exact) mass is 246 g/mol. The highest BCUT2D eigenvalue weighted by Gasteiger charge is 2.22. The largest absolute Gasteiger partial charge is 0.481 e. The van der Waals surface area contributed by atoms with Crippen LogP contribution in [0.1, 0.15) is 32.1 Å². The first kappa shape index (κ1) is 15.4. The average molecular weight is 246 g/mol. The smallest absolute Gasteiger partial charge is 0.326 e. The molecule has 0 fully saturated rings. The van der Waals surface area contributed by atoms with Crippen molar-refractivity contribution in [3.05, 3.63) is 0 Å². The SMILES string of the molecule is NCCCCCC(=O)NC(CC(=O)O)C(=O)O. The molecular weight excluding hydrogens is 228 g/mol. The van der Waals surface area contributed by atoms with Crippen molar-refractivity contribution < 1.29 is 24.6 Å². The first-order valence-corrected chi connectivity index (χ1v) is 5.41. The van der Waals surface area contributed by atoms with Gasteiger partial charge in [-0.25, -0.2) is 4.79 Å². The molecule has 0 bridgehead atoms. The van der Waals surface area contributed by atoms with E-state index in [4.69, 9.17) is 15.9 Å². The van der Waals surface area contributed by atoms with Crippen LogP contribution in [0.2, 0.25) is 0 Å². The van der Waals surface area contributed by atoms with Crippen molar-refractivity contribution in [3.8, 4) is 0 Å². The number of nitrogens with two attached hydrogens (primary N) is 1. The number of hydrogen-bond donors (Lipinski definition) is 4. The summed E-state index contributed by atoms with van der Waals surface area (Å²) in [5.41, 5.74) is 5.28. The molecule has 0 aromatic rings. The van der Waals surface area contributed by atoms with Gasteiger partial charge in [0.1, 0.15) is 6.04 Å². The van der Waals surface area contributed by atoms with Gasteiger partial charge < -0.3 is 21.3 Å². The van der Waals surface area contributed by atoms with Crippen LogP contribution in [0.25, 0.3) is 0 Å². The average Bonchev–Trinajstić information content (AvgIpc) is 2.22. The van der Waals surface area contributed by atoms with Crippen molar-refractivity contribution in [2.75, 3.05) is 6.54 Å². The van der Waals surface area contributed by atoms with E-state index in [-0.39, 0.29) is 6.42 Å². The maximum Gasteiger partial charge on any atom is 0.326 e. The van der Waals surface area contributed by atoms with E-state index < -0.39 is 30.3 Å². The summed E-state index contributed by atoms with van der Waals surface area (Å²) in [6.45, 7) is 0.554. The van der Waals surface area contributed by atoms with E-state index in [2.05, 4.69) is 5.32 Å². The lowest BCUT2D eigenvalue weighted by molar-refractivity contribution is -0.147. The highest BCUT2D eigenvalue weighted by Crippen LogP contribution is 2.00. The third kappa shape index (κ3) is 8.21. The van der Waals surface area contributed by atoms with Gasteiger partial charge in [0.05, 0.1) is 6.42 Å². The highest BCUT2D eigenvalue weighted by atomic mass is 16.4. The molecule has 1 atom stereocenters. The molecule has 0 heterocycles. The second-order valence-electron chi connectivity index (χ2n) is 3.66. The summed E-state index contributed by atoms with van der Waals surface area (Å²) in [6, 6.07) is -1.37. The van der Waals surface area contributed by atoms with E-state index in [0.717, 1.165) is 12.8 Å². The molecule has 17 heavy (non-hydrogen) atoms. The van der Waals surface area contributed by atoms with Gasteiger partial charge in [-0.05, 0) is 19.4 Å². The topological polar surface area (TPSA) is 130 Å². The number of hydrogen-bond acceptors (Lipinski definition) is 4. The van der Waals surface area contributed by atoms with E-state index in [1.807, 2.05) is 0 Å². The van der Waals surface area contributed by atoms with E-state index >= 15 is 0 Å². The summed E-state index contributed by atoms with van der Waals surface area (Å²) in [4.78, 5) is 32.3. The van der Waals surface area contributed by atoms with Gasteiger partial charge in [0.2, 0.25) is 5.91 Å². The Morgan fingerprint density at radius 1 is 1.12 bits per heavy atom. The Balaban J connectivity index is 3.96. The van der Waals surface area contributed by atoms with Crippen LogP contribution in [0.4, 0.5) is 0 Å². The zero-order valence-electron chi connectivity index (χ0n) is 9.52. The van der Waals surface area contributed by atoms with E-state index in [9.17, 15) is 14.4 Å². The van der Waals surface area contributed by atoms with Gasteiger partial charge in [-0.3, -0.25) is 9.59 Å². The third-order valence-electron chi connectivity index (χ3n) is 2.12. The number of aliphatic carboxylic acids is 2. The molecule has 7 heteroatoms. The normalized spacial score (nSPS) is 11.8. The van der Waals surface area contributed by atoms with Crippen LogP contribution in [-0.2, 0) is 14.4 Å². The number of nitrogens with one attached hydrogen (secondary N) is 1. The zero-order valence-corrected chi connectivity index (χ0v) is 9.52. The van der Waals surface area contributed by atoms with Gasteiger partial charge in [0.15, 0.2) is 0 Å². The van der Waals surface area contributed by atoms with Crippen LogP contribution in [0, 0.1) is 0 Å². The lowest BCUT2D eigenvalue weighted by Gasteiger charge is -2.12. The second kappa shape index (κ2) is 8.51. The molecule has 1 amide bonds. The minimum Gasteiger partial charge on any atom is -0.481 e. The molecule has 0 aliphatic rings. The van der Waals surface area contributed by atoms with Crippen molar-refractivity contribution in [3.63, 3.8) is 0 Å². The van der Waals surface area contributed by atoms with Crippen molar-refractivity contribution in [2.24, 2.45) is 5.73 Å². The quantitative estimate of drug-likeness (QED) is 0.408. The molecule has 7 nitrogen and oxygen atoms in total.